The van der Waals surface area contributed by atoms with E-state index in [4.69, 9.17) is 10.5 Å². The van der Waals surface area contributed by atoms with E-state index >= 15 is 0 Å². The first kappa shape index (κ1) is 12.9. The van der Waals surface area contributed by atoms with E-state index < -0.39 is 0 Å². The van der Waals surface area contributed by atoms with Gasteiger partial charge in [0.25, 0.3) is 0 Å². The molecule has 0 amide bonds. The van der Waals surface area contributed by atoms with Crippen LogP contribution in [0.3, 0.4) is 0 Å². The molecule has 0 spiro atoms. The van der Waals surface area contributed by atoms with Crippen LogP contribution in [0, 0.1) is 0 Å². The van der Waals surface area contributed by atoms with Crippen LogP contribution in [-0.2, 0) is 11.3 Å². The molecule has 1 heterocycles. The summed E-state index contributed by atoms with van der Waals surface area (Å²) in [4.78, 5) is 2.38. The molecule has 1 aromatic carbocycles. The highest BCUT2D eigenvalue weighted by atomic mass is 79.9. The number of hydrogen-bond donors (Lipinski definition) is 1. The summed E-state index contributed by atoms with van der Waals surface area (Å²) < 4.78 is 6.78. The molecule has 4 heteroatoms. The summed E-state index contributed by atoms with van der Waals surface area (Å²) in [7, 11) is 0. The van der Waals surface area contributed by atoms with Gasteiger partial charge in [0.1, 0.15) is 0 Å². The fourth-order valence-electron chi connectivity index (χ4n) is 2.15. The van der Waals surface area contributed by atoms with Gasteiger partial charge in [0, 0.05) is 30.7 Å². The van der Waals surface area contributed by atoms with E-state index in [1.54, 1.807) is 0 Å². The van der Waals surface area contributed by atoms with Crippen molar-refractivity contribution in [1.82, 2.24) is 0 Å². The van der Waals surface area contributed by atoms with E-state index in [-0.39, 0.29) is 0 Å². The van der Waals surface area contributed by atoms with Crippen molar-refractivity contribution in [3.63, 3.8) is 0 Å². The highest BCUT2D eigenvalue weighted by molar-refractivity contribution is 9.10. The molecule has 0 radical (unpaired) electrons. The van der Waals surface area contributed by atoms with E-state index in [2.05, 4.69) is 46.0 Å². The Labute approximate surface area is 111 Å². The molecule has 1 atom stereocenters. The van der Waals surface area contributed by atoms with Crippen molar-refractivity contribution in [2.24, 2.45) is 5.73 Å². The summed E-state index contributed by atoms with van der Waals surface area (Å²) >= 11 is 3.63. The van der Waals surface area contributed by atoms with Gasteiger partial charge in [-0.2, -0.15) is 0 Å². The maximum absolute atomic E-state index is 5.66. The number of hydrogen-bond acceptors (Lipinski definition) is 3. The largest absolute Gasteiger partial charge is 0.377 e. The van der Waals surface area contributed by atoms with Crippen molar-refractivity contribution in [2.75, 3.05) is 24.6 Å². The molecular weight excluding hydrogens is 280 g/mol. The molecule has 2 N–H and O–H groups in total. The summed E-state index contributed by atoms with van der Waals surface area (Å²) in [6.45, 7) is 5.56. The number of ether oxygens (including phenoxy) is 1. The Balaban J connectivity index is 2.20. The summed E-state index contributed by atoms with van der Waals surface area (Å²) in [6, 6.07) is 6.34. The van der Waals surface area contributed by atoms with E-state index in [0.717, 1.165) is 36.2 Å². The minimum Gasteiger partial charge on any atom is -0.377 e. The highest BCUT2D eigenvalue weighted by Crippen LogP contribution is 2.28. The van der Waals surface area contributed by atoms with E-state index in [1.807, 2.05) is 0 Å². The first-order chi connectivity index (χ1) is 8.20. The molecule has 1 aliphatic heterocycles. The quantitative estimate of drug-likeness (QED) is 0.912. The van der Waals surface area contributed by atoms with Crippen LogP contribution in [0.5, 0.6) is 0 Å². The lowest BCUT2D eigenvalue weighted by Gasteiger charge is -2.25. The van der Waals surface area contributed by atoms with Crippen molar-refractivity contribution in [3.8, 4) is 0 Å². The van der Waals surface area contributed by atoms with Gasteiger partial charge < -0.3 is 15.4 Å². The van der Waals surface area contributed by atoms with Crippen molar-refractivity contribution in [3.05, 3.63) is 28.2 Å². The smallest absolute Gasteiger partial charge is 0.0721 e. The standard InChI is InChI=1S/C13H19BrN2O/c1-10-9-16(5-2-6-17-10)13-4-3-11(8-15)7-12(13)14/h3-4,7,10H,2,5-6,8-9,15H2,1H3. The molecule has 1 saturated heterocycles. The second-order valence-corrected chi connectivity index (χ2v) is 5.33. The Morgan fingerprint density at radius 3 is 3.06 bits per heavy atom. The van der Waals surface area contributed by atoms with Crippen molar-refractivity contribution < 1.29 is 4.74 Å². The molecule has 1 unspecified atom stereocenters. The normalized spacial score (nSPS) is 21.4. The van der Waals surface area contributed by atoms with Crippen LogP contribution in [0.1, 0.15) is 18.9 Å². The lowest BCUT2D eigenvalue weighted by Crippen LogP contribution is -2.30. The molecule has 1 aromatic rings. The number of nitrogens with two attached hydrogens (primary N) is 1. The van der Waals surface area contributed by atoms with E-state index in [0.29, 0.717) is 12.6 Å². The molecule has 17 heavy (non-hydrogen) atoms. The SMILES string of the molecule is CC1CN(c2ccc(CN)cc2Br)CCCO1. The zero-order valence-electron chi connectivity index (χ0n) is 10.2. The number of halogens is 1. The fourth-order valence-corrected chi connectivity index (χ4v) is 2.82. The third kappa shape index (κ3) is 3.21. The van der Waals surface area contributed by atoms with Gasteiger partial charge in [-0.05, 0) is 47.0 Å². The van der Waals surface area contributed by atoms with Crippen LogP contribution in [0.2, 0.25) is 0 Å². The fraction of sp³-hybridized carbons (Fsp3) is 0.538. The minimum absolute atomic E-state index is 0.290. The molecule has 0 aliphatic carbocycles. The average Bonchev–Trinajstić information content (AvgIpc) is 2.53. The number of benzene rings is 1. The van der Waals surface area contributed by atoms with Gasteiger partial charge in [-0.15, -0.1) is 0 Å². The maximum Gasteiger partial charge on any atom is 0.0721 e. The van der Waals surface area contributed by atoms with Crippen LogP contribution in [0.4, 0.5) is 5.69 Å². The lowest BCUT2D eigenvalue weighted by atomic mass is 10.2. The topological polar surface area (TPSA) is 38.5 Å². The minimum atomic E-state index is 0.290. The second kappa shape index (κ2) is 5.85. The monoisotopic (exact) mass is 298 g/mol. The summed E-state index contributed by atoms with van der Waals surface area (Å²) in [5.41, 5.74) is 8.03. The predicted octanol–water partition coefficient (Wildman–Crippen LogP) is 2.52. The lowest BCUT2D eigenvalue weighted by molar-refractivity contribution is 0.0821. The Hall–Kier alpha value is -0.580. The average molecular weight is 299 g/mol. The zero-order chi connectivity index (χ0) is 12.3. The molecule has 3 nitrogen and oxygen atoms in total. The van der Waals surface area contributed by atoms with Gasteiger partial charge in [0.15, 0.2) is 0 Å². The Kier molecular flexibility index (Phi) is 4.42. The second-order valence-electron chi connectivity index (χ2n) is 4.47. The third-order valence-electron chi connectivity index (χ3n) is 3.04. The maximum atomic E-state index is 5.66. The van der Waals surface area contributed by atoms with Gasteiger partial charge in [-0.25, -0.2) is 0 Å². The highest BCUT2D eigenvalue weighted by Gasteiger charge is 2.17. The van der Waals surface area contributed by atoms with Gasteiger partial charge >= 0.3 is 0 Å². The molecule has 2 rings (SSSR count). The van der Waals surface area contributed by atoms with Gasteiger partial charge in [0.2, 0.25) is 0 Å². The molecule has 0 bridgehead atoms. The van der Waals surface area contributed by atoms with E-state index in [1.165, 1.54) is 5.69 Å². The van der Waals surface area contributed by atoms with Crippen LogP contribution in [0.25, 0.3) is 0 Å². The van der Waals surface area contributed by atoms with Crippen LogP contribution < -0.4 is 10.6 Å². The molecule has 1 aliphatic rings. The summed E-state index contributed by atoms with van der Waals surface area (Å²) in [6.07, 6.45) is 1.37. The van der Waals surface area contributed by atoms with Crippen LogP contribution in [0.15, 0.2) is 22.7 Å². The molecular formula is C13H19BrN2O. The number of anilines is 1. The number of rotatable bonds is 2. The molecule has 1 fully saturated rings. The zero-order valence-corrected chi connectivity index (χ0v) is 11.7. The first-order valence-corrected chi connectivity index (χ1v) is 6.85. The van der Waals surface area contributed by atoms with Gasteiger partial charge in [0.05, 0.1) is 11.8 Å². The van der Waals surface area contributed by atoms with Crippen molar-refractivity contribution >= 4 is 21.6 Å². The van der Waals surface area contributed by atoms with Crippen LogP contribution in [-0.4, -0.2) is 25.8 Å². The van der Waals surface area contributed by atoms with Gasteiger partial charge in [-0.3, -0.25) is 0 Å². The predicted molar refractivity (Wildman–Crippen MR) is 74.3 cm³/mol. The Morgan fingerprint density at radius 1 is 1.53 bits per heavy atom. The third-order valence-corrected chi connectivity index (χ3v) is 3.68. The van der Waals surface area contributed by atoms with Gasteiger partial charge in [-0.1, -0.05) is 6.07 Å². The molecule has 0 saturated carbocycles. The van der Waals surface area contributed by atoms with E-state index in [9.17, 15) is 0 Å². The van der Waals surface area contributed by atoms with Crippen LogP contribution >= 0.6 is 15.9 Å². The van der Waals surface area contributed by atoms with Crippen molar-refractivity contribution in [1.29, 1.82) is 0 Å². The molecule has 94 valence electrons. The molecule has 0 aromatic heterocycles. The Bertz CT molecular complexity index is 384. The van der Waals surface area contributed by atoms with Crippen molar-refractivity contribution in [2.45, 2.75) is 26.0 Å². The summed E-state index contributed by atoms with van der Waals surface area (Å²) in [5.74, 6) is 0. The number of nitrogens with zero attached hydrogens (tertiary/aromatic N) is 1. The Morgan fingerprint density at radius 2 is 2.35 bits per heavy atom. The summed E-state index contributed by atoms with van der Waals surface area (Å²) in [5, 5.41) is 0. The first-order valence-electron chi connectivity index (χ1n) is 6.05.